The van der Waals surface area contributed by atoms with Gasteiger partial charge in [-0.3, -0.25) is 4.79 Å². The highest BCUT2D eigenvalue weighted by atomic mass is 16.5. The van der Waals surface area contributed by atoms with Gasteiger partial charge in [0.1, 0.15) is 6.54 Å². The molecule has 0 aliphatic carbocycles. The standard InChI is InChI=1S/C19H24N2O3/c1-14-5-7-15(8-6-14)12-21(2)13-19(22)20-16-9-10-17(23-3)18(11-16)24-4/h5-11H,12-13H2,1-4H3,(H,20,22)/p+1. The number of carbonyl (C=O) groups excluding carboxylic acids is 1. The van der Waals surface area contributed by atoms with Crippen molar-refractivity contribution < 1.29 is 19.2 Å². The van der Waals surface area contributed by atoms with Gasteiger partial charge in [0.05, 0.1) is 21.3 Å². The van der Waals surface area contributed by atoms with Crippen LogP contribution in [0, 0.1) is 6.92 Å². The first-order valence-electron chi connectivity index (χ1n) is 7.90. The molecule has 2 N–H and O–H groups in total. The second kappa shape index (κ2) is 8.36. The van der Waals surface area contributed by atoms with E-state index < -0.39 is 0 Å². The van der Waals surface area contributed by atoms with Crippen molar-refractivity contribution in [3.8, 4) is 11.5 Å². The molecule has 0 radical (unpaired) electrons. The minimum Gasteiger partial charge on any atom is -0.493 e. The van der Waals surface area contributed by atoms with Crippen LogP contribution in [0.3, 0.4) is 0 Å². The second-order valence-electron chi connectivity index (χ2n) is 5.91. The highest BCUT2D eigenvalue weighted by molar-refractivity contribution is 5.91. The maximum Gasteiger partial charge on any atom is 0.279 e. The summed E-state index contributed by atoms with van der Waals surface area (Å²) >= 11 is 0. The van der Waals surface area contributed by atoms with Gasteiger partial charge in [-0.05, 0) is 19.1 Å². The Morgan fingerprint density at radius 2 is 1.71 bits per heavy atom. The van der Waals surface area contributed by atoms with Gasteiger partial charge in [-0.1, -0.05) is 29.8 Å². The minimum atomic E-state index is -0.0353. The van der Waals surface area contributed by atoms with Crippen molar-refractivity contribution in [1.29, 1.82) is 0 Å². The normalized spacial score (nSPS) is 11.7. The molecule has 2 aromatic rings. The summed E-state index contributed by atoms with van der Waals surface area (Å²) in [6.07, 6.45) is 0. The Bertz CT molecular complexity index is 684. The zero-order valence-corrected chi connectivity index (χ0v) is 14.7. The maximum absolute atomic E-state index is 12.2. The number of rotatable bonds is 7. The lowest BCUT2D eigenvalue weighted by Gasteiger charge is -2.15. The molecule has 0 aliphatic heterocycles. The van der Waals surface area contributed by atoms with Crippen LogP contribution in [0.4, 0.5) is 5.69 Å². The van der Waals surface area contributed by atoms with Gasteiger partial charge in [0, 0.05) is 17.3 Å². The number of ether oxygens (including phenoxy) is 2. The van der Waals surface area contributed by atoms with Crippen molar-refractivity contribution in [1.82, 2.24) is 0 Å². The van der Waals surface area contributed by atoms with E-state index in [0.717, 1.165) is 11.4 Å². The van der Waals surface area contributed by atoms with Crippen LogP contribution in [0.5, 0.6) is 11.5 Å². The quantitative estimate of drug-likeness (QED) is 0.812. The van der Waals surface area contributed by atoms with Crippen LogP contribution in [0.2, 0.25) is 0 Å². The van der Waals surface area contributed by atoms with Gasteiger partial charge in [-0.2, -0.15) is 0 Å². The molecule has 0 bridgehead atoms. The van der Waals surface area contributed by atoms with Crippen molar-refractivity contribution >= 4 is 11.6 Å². The predicted octanol–water partition coefficient (Wildman–Crippen LogP) is 1.67. The van der Waals surface area contributed by atoms with Gasteiger partial charge >= 0.3 is 0 Å². The lowest BCUT2D eigenvalue weighted by atomic mass is 10.1. The second-order valence-corrected chi connectivity index (χ2v) is 5.91. The Morgan fingerprint density at radius 3 is 2.33 bits per heavy atom. The van der Waals surface area contributed by atoms with E-state index in [1.54, 1.807) is 32.4 Å². The lowest BCUT2D eigenvalue weighted by molar-refractivity contribution is -0.885. The highest BCUT2D eigenvalue weighted by Gasteiger charge is 2.12. The van der Waals surface area contributed by atoms with Crippen LogP contribution < -0.4 is 19.7 Å². The van der Waals surface area contributed by atoms with Crippen LogP contribution in [0.1, 0.15) is 11.1 Å². The van der Waals surface area contributed by atoms with Crippen molar-refractivity contribution in [3.63, 3.8) is 0 Å². The lowest BCUT2D eigenvalue weighted by Crippen LogP contribution is -3.08. The Kier molecular flexibility index (Phi) is 6.21. The summed E-state index contributed by atoms with van der Waals surface area (Å²) in [5, 5.41) is 2.90. The minimum absolute atomic E-state index is 0.0353. The van der Waals surface area contributed by atoms with Gasteiger partial charge < -0.3 is 19.7 Å². The number of methoxy groups -OCH3 is 2. The van der Waals surface area contributed by atoms with Crippen LogP contribution in [-0.4, -0.2) is 33.7 Å². The number of benzene rings is 2. The van der Waals surface area contributed by atoms with E-state index >= 15 is 0 Å². The van der Waals surface area contributed by atoms with Gasteiger partial charge in [0.25, 0.3) is 5.91 Å². The molecule has 128 valence electrons. The average Bonchev–Trinajstić information content (AvgIpc) is 2.56. The molecule has 2 aromatic carbocycles. The molecule has 0 heterocycles. The summed E-state index contributed by atoms with van der Waals surface area (Å²) in [5.41, 5.74) is 3.15. The van der Waals surface area contributed by atoms with E-state index in [-0.39, 0.29) is 5.91 Å². The molecule has 0 aromatic heterocycles. The first-order chi connectivity index (χ1) is 11.5. The number of carbonyl (C=O) groups is 1. The molecule has 1 atom stereocenters. The number of hydrogen-bond acceptors (Lipinski definition) is 3. The Hall–Kier alpha value is -2.53. The Labute approximate surface area is 143 Å². The molecule has 5 nitrogen and oxygen atoms in total. The van der Waals surface area contributed by atoms with E-state index in [9.17, 15) is 4.79 Å². The summed E-state index contributed by atoms with van der Waals surface area (Å²) in [5.74, 6) is 1.19. The number of likely N-dealkylation sites (N-methyl/N-ethyl adjacent to an activating group) is 1. The van der Waals surface area contributed by atoms with Crippen molar-refractivity contribution in [2.24, 2.45) is 0 Å². The third kappa shape index (κ3) is 4.99. The summed E-state index contributed by atoms with van der Waals surface area (Å²) in [7, 11) is 5.16. The molecule has 2 rings (SSSR count). The average molecular weight is 329 g/mol. The molecule has 0 aliphatic rings. The predicted molar refractivity (Wildman–Crippen MR) is 94.8 cm³/mol. The number of nitrogens with one attached hydrogen (secondary N) is 2. The molecular weight excluding hydrogens is 304 g/mol. The van der Waals surface area contributed by atoms with Crippen LogP contribution in [0.25, 0.3) is 0 Å². The Morgan fingerprint density at radius 1 is 1.04 bits per heavy atom. The number of quaternary nitrogens is 1. The zero-order valence-electron chi connectivity index (χ0n) is 14.7. The molecule has 0 saturated heterocycles. The molecular formula is C19H25N2O3+. The fourth-order valence-electron chi connectivity index (χ4n) is 2.51. The Balaban J connectivity index is 1.91. The van der Waals surface area contributed by atoms with Gasteiger partial charge in [0.15, 0.2) is 18.0 Å². The first kappa shape index (κ1) is 17.8. The molecule has 0 fully saturated rings. The van der Waals surface area contributed by atoms with E-state index in [1.165, 1.54) is 11.1 Å². The third-order valence-corrected chi connectivity index (χ3v) is 3.76. The van der Waals surface area contributed by atoms with Crippen LogP contribution in [-0.2, 0) is 11.3 Å². The molecule has 5 heteroatoms. The van der Waals surface area contributed by atoms with Gasteiger partial charge in [0.2, 0.25) is 0 Å². The van der Waals surface area contributed by atoms with Crippen molar-refractivity contribution in [2.75, 3.05) is 33.1 Å². The fraction of sp³-hybridized carbons (Fsp3) is 0.316. The first-order valence-corrected chi connectivity index (χ1v) is 7.90. The van der Waals surface area contributed by atoms with Crippen LogP contribution >= 0.6 is 0 Å². The maximum atomic E-state index is 12.2. The summed E-state index contributed by atoms with van der Waals surface area (Å²) in [6, 6.07) is 13.7. The summed E-state index contributed by atoms with van der Waals surface area (Å²) in [6.45, 7) is 3.26. The largest absolute Gasteiger partial charge is 0.493 e. The zero-order chi connectivity index (χ0) is 17.5. The fourth-order valence-corrected chi connectivity index (χ4v) is 2.51. The SMILES string of the molecule is COc1ccc(NC(=O)C[NH+](C)Cc2ccc(C)cc2)cc1OC. The number of hydrogen-bond donors (Lipinski definition) is 2. The summed E-state index contributed by atoms with van der Waals surface area (Å²) < 4.78 is 10.4. The van der Waals surface area contributed by atoms with Gasteiger partial charge in [-0.15, -0.1) is 0 Å². The van der Waals surface area contributed by atoms with E-state index in [4.69, 9.17) is 9.47 Å². The number of amides is 1. The summed E-state index contributed by atoms with van der Waals surface area (Å²) in [4.78, 5) is 13.3. The highest BCUT2D eigenvalue weighted by Crippen LogP contribution is 2.29. The third-order valence-electron chi connectivity index (χ3n) is 3.76. The molecule has 0 spiro atoms. The van der Waals surface area contributed by atoms with Gasteiger partial charge in [-0.25, -0.2) is 0 Å². The monoisotopic (exact) mass is 329 g/mol. The van der Waals surface area contributed by atoms with Crippen molar-refractivity contribution in [3.05, 3.63) is 53.6 Å². The molecule has 0 saturated carbocycles. The molecule has 1 unspecified atom stereocenters. The van der Waals surface area contributed by atoms with E-state index in [0.29, 0.717) is 23.7 Å². The van der Waals surface area contributed by atoms with Crippen molar-refractivity contribution in [2.45, 2.75) is 13.5 Å². The molecule has 24 heavy (non-hydrogen) atoms. The number of anilines is 1. The van der Waals surface area contributed by atoms with Crippen LogP contribution in [0.15, 0.2) is 42.5 Å². The smallest absolute Gasteiger partial charge is 0.279 e. The van der Waals surface area contributed by atoms with E-state index in [1.807, 2.05) is 7.05 Å². The van der Waals surface area contributed by atoms with E-state index in [2.05, 4.69) is 36.5 Å². The number of aryl methyl sites for hydroxylation is 1. The molecule has 1 amide bonds. The topological polar surface area (TPSA) is 52.0 Å².